The SMILES string of the molecule is COc1ccc(C(S)CN)cc1C(C)(C)C. The van der Waals surface area contributed by atoms with Crippen molar-refractivity contribution in [2.45, 2.75) is 31.4 Å². The monoisotopic (exact) mass is 239 g/mol. The molecule has 0 saturated heterocycles. The summed E-state index contributed by atoms with van der Waals surface area (Å²) >= 11 is 4.46. The first-order valence-electron chi connectivity index (χ1n) is 5.46. The number of thiol groups is 1. The van der Waals surface area contributed by atoms with Gasteiger partial charge in [-0.25, -0.2) is 0 Å². The van der Waals surface area contributed by atoms with Gasteiger partial charge in [0.05, 0.1) is 7.11 Å². The van der Waals surface area contributed by atoms with Crippen molar-refractivity contribution in [3.05, 3.63) is 29.3 Å². The summed E-state index contributed by atoms with van der Waals surface area (Å²) in [6.45, 7) is 7.05. The van der Waals surface area contributed by atoms with Crippen LogP contribution in [-0.2, 0) is 5.41 Å². The Kier molecular flexibility index (Phi) is 4.28. The molecule has 3 heteroatoms. The predicted octanol–water partition coefficient (Wildman–Crippen LogP) is 2.92. The summed E-state index contributed by atoms with van der Waals surface area (Å²) in [5.74, 6) is 0.925. The summed E-state index contributed by atoms with van der Waals surface area (Å²) in [7, 11) is 1.70. The molecule has 0 fully saturated rings. The lowest BCUT2D eigenvalue weighted by Gasteiger charge is -2.23. The lowest BCUT2D eigenvalue weighted by Crippen LogP contribution is -2.14. The van der Waals surface area contributed by atoms with Crippen molar-refractivity contribution < 1.29 is 4.74 Å². The highest BCUT2D eigenvalue weighted by molar-refractivity contribution is 7.80. The average Bonchev–Trinajstić information content (AvgIpc) is 2.26. The zero-order valence-electron chi connectivity index (χ0n) is 10.4. The third kappa shape index (κ3) is 2.92. The van der Waals surface area contributed by atoms with Gasteiger partial charge in [0, 0.05) is 11.8 Å². The molecule has 0 amide bonds. The van der Waals surface area contributed by atoms with E-state index in [9.17, 15) is 0 Å². The Morgan fingerprint density at radius 1 is 1.38 bits per heavy atom. The minimum absolute atomic E-state index is 0.0590. The van der Waals surface area contributed by atoms with Crippen LogP contribution in [0.25, 0.3) is 0 Å². The molecule has 0 aliphatic carbocycles. The number of methoxy groups -OCH3 is 1. The number of benzene rings is 1. The predicted molar refractivity (Wildman–Crippen MR) is 72.5 cm³/mol. The summed E-state index contributed by atoms with van der Waals surface area (Å²) in [5.41, 5.74) is 8.03. The molecule has 0 saturated carbocycles. The molecular formula is C13H21NOS. The molecule has 1 rings (SSSR count). The van der Waals surface area contributed by atoms with Crippen LogP contribution in [0.3, 0.4) is 0 Å². The van der Waals surface area contributed by atoms with Gasteiger partial charge >= 0.3 is 0 Å². The fourth-order valence-electron chi connectivity index (χ4n) is 1.66. The topological polar surface area (TPSA) is 35.2 Å². The van der Waals surface area contributed by atoms with Gasteiger partial charge in [-0.1, -0.05) is 32.9 Å². The van der Waals surface area contributed by atoms with Gasteiger partial charge in [-0.05, 0) is 22.6 Å². The molecule has 2 nitrogen and oxygen atoms in total. The van der Waals surface area contributed by atoms with Crippen molar-refractivity contribution in [3.63, 3.8) is 0 Å². The van der Waals surface area contributed by atoms with Crippen LogP contribution in [0.15, 0.2) is 18.2 Å². The smallest absolute Gasteiger partial charge is 0.122 e. The van der Waals surface area contributed by atoms with Crippen molar-refractivity contribution >= 4 is 12.6 Å². The highest BCUT2D eigenvalue weighted by Crippen LogP contribution is 2.34. The Balaban J connectivity index is 3.22. The number of hydrogen-bond donors (Lipinski definition) is 2. The molecule has 0 spiro atoms. The molecule has 1 atom stereocenters. The van der Waals surface area contributed by atoms with Gasteiger partial charge in [0.15, 0.2) is 0 Å². The molecule has 1 aromatic carbocycles. The van der Waals surface area contributed by atoms with Crippen molar-refractivity contribution in [1.29, 1.82) is 0 Å². The van der Waals surface area contributed by atoms with E-state index in [1.807, 2.05) is 12.1 Å². The fourth-order valence-corrected chi connectivity index (χ4v) is 1.82. The zero-order chi connectivity index (χ0) is 12.3. The minimum Gasteiger partial charge on any atom is -0.496 e. The van der Waals surface area contributed by atoms with Gasteiger partial charge in [-0.3, -0.25) is 0 Å². The summed E-state index contributed by atoms with van der Waals surface area (Å²) in [6, 6.07) is 6.16. The van der Waals surface area contributed by atoms with Crippen molar-refractivity contribution in [2.24, 2.45) is 5.73 Å². The van der Waals surface area contributed by atoms with Crippen molar-refractivity contribution in [3.8, 4) is 5.75 Å². The number of rotatable bonds is 3. The lowest BCUT2D eigenvalue weighted by atomic mass is 9.85. The van der Waals surface area contributed by atoms with Gasteiger partial charge in [0.25, 0.3) is 0 Å². The molecule has 0 bridgehead atoms. The minimum atomic E-state index is 0.0590. The Morgan fingerprint density at radius 3 is 2.44 bits per heavy atom. The van der Waals surface area contributed by atoms with E-state index >= 15 is 0 Å². The first-order valence-corrected chi connectivity index (χ1v) is 5.98. The van der Waals surface area contributed by atoms with Gasteiger partial charge in [-0.2, -0.15) is 12.6 Å². The second-order valence-corrected chi connectivity index (χ2v) is 5.58. The normalized spacial score (nSPS) is 13.6. The molecule has 0 aliphatic heterocycles. The van der Waals surface area contributed by atoms with Gasteiger partial charge in [0.2, 0.25) is 0 Å². The maximum Gasteiger partial charge on any atom is 0.122 e. The summed E-state index contributed by atoms with van der Waals surface area (Å²) in [5, 5.41) is 0.0898. The van der Waals surface area contributed by atoms with Gasteiger partial charge in [-0.15, -0.1) is 0 Å². The van der Waals surface area contributed by atoms with E-state index in [1.165, 1.54) is 5.56 Å². The maximum atomic E-state index is 5.63. The van der Waals surface area contributed by atoms with Crippen LogP contribution >= 0.6 is 12.6 Å². The first kappa shape index (κ1) is 13.4. The van der Waals surface area contributed by atoms with E-state index in [0.717, 1.165) is 11.3 Å². The second kappa shape index (κ2) is 5.11. The first-order chi connectivity index (χ1) is 7.40. The number of hydrogen-bond acceptors (Lipinski definition) is 3. The quantitative estimate of drug-likeness (QED) is 0.796. The van der Waals surface area contributed by atoms with Crippen molar-refractivity contribution in [1.82, 2.24) is 0 Å². The van der Waals surface area contributed by atoms with E-state index in [1.54, 1.807) is 7.11 Å². The molecule has 16 heavy (non-hydrogen) atoms. The largest absolute Gasteiger partial charge is 0.496 e. The molecule has 1 aromatic rings. The fraction of sp³-hybridized carbons (Fsp3) is 0.538. The second-order valence-electron chi connectivity index (χ2n) is 4.96. The van der Waals surface area contributed by atoms with Crippen LogP contribution in [0.5, 0.6) is 5.75 Å². The molecule has 0 aliphatic rings. The van der Waals surface area contributed by atoms with E-state index in [2.05, 4.69) is 39.5 Å². The molecule has 2 N–H and O–H groups in total. The average molecular weight is 239 g/mol. The summed E-state index contributed by atoms with van der Waals surface area (Å²) < 4.78 is 5.38. The highest BCUT2D eigenvalue weighted by atomic mass is 32.1. The van der Waals surface area contributed by atoms with Crippen molar-refractivity contribution in [2.75, 3.05) is 13.7 Å². The molecule has 90 valence electrons. The summed E-state index contributed by atoms with van der Waals surface area (Å²) in [6.07, 6.45) is 0. The maximum absolute atomic E-state index is 5.63. The van der Waals surface area contributed by atoms with E-state index in [-0.39, 0.29) is 10.7 Å². The van der Waals surface area contributed by atoms with E-state index in [0.29, 0.717) is 6.54 Å². The van der Waals surface area contributed by atoms with Crippen LogP contribution < -0.4 is 10.5 Å². The Labute approximate surface area is 104 Å². The van der Waals surface area contributed by atoms with Crippen LogP contribution in [0, 0.1) is 0 Å². The van der Waals surface area contributed by atoms with Crippen LogP contribution in [0.4, 0.5) is 0 Å². The third-order valence-electron chi connectivity index (χ3n) is 2.64. The van der Waals surface area contributed by atoms with Gasteiger partial charge in [0.1, 0.15) is 5.75 Å². The molecule has 0 aromatic heterocycles. The van der Waals surface area contributed by atoms with Gasteiger partial charge < -0.3 is 10.5 Å². The van der Waals surface area contributed by atoms with E-state index in [4.69, 9.17) is 10.5 Å². The van der Waals surface area contributed by atoms with Crippen LogP contribution in [-0.4, -0.2) is 13.7 Å². The van der Waals surface area contributed by atoms with Crippen LogP contribution in [0.1, 0.15) is 37.1 Å². The van der Waals surface area contributed by atoms with E-state index < -0.39 is 0 Å². The van der Waals surface area contributed by atoms with Crippen LogP contribution in [0.2, 0.25) is 0 Å². The Bertz CT molecular complexity index is 357. The zero-order valence-corrected chi connectivity index (χ0v) is 11.3. The lowest BCUT2D eigenvalue weighted by molar-refractivity contribution is 0.397. The molecule has 0 heterocycles. The Hall–Kier alpha value is -0.670. The number of ether oxygens (including phenoxy) is 1. The standard InChI is InChI=1S/C13H21NOS/c1-13(2,3)10-7-9(12(16)8-14)5-6-11(10)15-4/h5-7,12,16H,8,14H2,1-4H3. The highest BCUT2D eigenvalue weighted by Gasteiger charge is 2.20. The third-order valence-corrected chi connectivity index (χ3v) is 3.15. The number of nitrogens with two attached hydrogens (primary N) is 1. The molecular weight excluding hydrogens is 218 g/mol. The molecule has 1 unspecified atom stereocenters. The summed E-state index contributed by atoms with van der Waals surface area (Å²) in [4.78, 5) is 0. The molecule has 0 radical (unpaired) electrons. The Morgan fingerprint density at radius 2 is 2.00 bits per heavy atom.